The van der Waals surface area contributed by atoms with Gasteiger partial charge in [0.25, 0.3) is 5.91 Å². The second-order valence-corrected chi connectivity index (χ2v) is 9.59. The van der Waals surface area contributed by atoms with Crippen molar-refractivity contribution in [3.63, 3.8) is 0 Å². The molecule has 0 unspecified atom stereocenters. The van der Waals surface area contributed by atoms with Gasteiger partial charge in [-0.25, -0.2) is 0 Å². The molecule has 1 aromatic carbocycles. The van der Waals surface area contributed by atoms with E-state index in [9.17, 15) is 9.59 Å². The second-order valence-electron chi connectivity index (χ2n) is 7.12. The van der Waals surface area contributed by atoms with Crippen LogP contribution in [-0.4, -0.2) is 59.4 Å². The summed E-state index contributed by atoms with van der Waals surface area (Å²) in [5, 5.41) is 3.98. The van der Waals surface area contributed by atoms with Crippen LogP contribution in [0.1, 0.15) is 23.5 Å². The fourth-order valence-corrected chi connectivity index (χ4v) is 4.75. The van der Waals surface area contributed by atoms with Gasteiger partial charge in [0.2, 0.25) is 5.91 Å². The fourth-order valence-electron chi connectivity index (χ4n) is 3.37. The van der Waals surface area contributed by atoms with Gasteiger partial charge in [-0.15, -0.1) is 11.3 Å². The Morgan fingerprint density at radius 2 is 1.90 bits per heavy atom. The highest BCUT2D eigenvalue weighted by molar-refractivity contribution is 9.11. The van der Waals surface area contributed by atoms with Gasteiger partial charge < -0.3 is 19.7 Å². The SMILES string of the molecule is CCN(CC)CCn1ccc2cc(NC(=O)CN(C)C(=O)c3ccc(Br)s3)ccc21. The van der Waals surface area contributed by atoms with Crippen molar-refractivity contribution in [2.24, 2.45) is 0 Å². The van der Waals surface area contributed by atoms with Crippen molar-refractivity contribution in [1.29, 1.82) is 0 Å². The molecular formula is C22H27BrN4O2S. The van der Waals surface area contributed by atoms with Gasteiger partial charge in [0.15, 0.2) is 0 Å². The molecule has 0 radical (unpaired) electrons. The predicted octanol–water partition coefficient (Wildman–Crippen LogP) is 4.52. The number of thiophene rings is 1. The van der Waals surface area contributed by atoms with Crippen molar-refractivity contribution >= 4 is 55.7 Å². The number of amides is 2. The predicted molar refractivity (Wildman–Crippen MR) is 127 cm³/mol. The summed E-state index contributed by atoms with van der Waals surface area (Å²) in [5.74, 6) is -0.386. The van der Waals surface area contributed by atoms with Crippen LogP contribution in [0.3, 0.4) is 0 Å². The van der Waals surface area contributed by atoms with Gasteiger partial charge in [-0.05, 0) is 65.4 Å². The fraction of sp³-hybridized carbons (Fsp3) is 0.364. The number of hydrogen-bond donors (Lipinski definition) is 1. The van der Waals surface area contributed by atoms with E-state index in [-0.39, 0.29) is 18.4 Å². The zero-order valence-corrected chi connectivity index (χ0v) is 19.9. The third-order valence-corrected chi connectivity index (χ3v) is 6.73. The zero-order chi connectivity index (χ0) is 21.7. The van der Waals surface area contributed by atoms with Crippen LogP contribution in [-0.2, 0) is 11.3 Å². The number of carbonyl (C=O) groups excluding carboxylic acids is 2. The minimum atomic E-state index is -0.221. The van der Waals surface area contributed by atoms with E-state index in [1.165, 1.54) is 16.2 Å². The maximum absolute atomic E-state index is 12.4. The first-order valence-electron chi connectivity index (χ1n) is 10.0. The normalized spacial score (nSPS) is 11.2. The molecule has 30 heavy (non-hydrogen) atoms. The molecule has 0 atom stereocenters. The van der Waals surface area contributed by atoms with Gasteiger partial charge in [0, 0.05) is 42.9 Å². The molecule has 2 heterocycles. The van der Waals surface area contributed by atoms with E-state index >= 15 is 0 Å². The van der Waals surface area contributed by atoms with Gasteiger partial charge >= 0.3 is 0 Å². The summed E-state index contributed by atoms with van der Waals surface area (Å²) in [6, 6.07) is 11.6. The molecule has 8 heteroatoms. The van der Waals surface area contributed by atoms with E-state index in [2.05, 4.69) is 56.8 Å². The summed E-state index contributed by atoms with van der Waals surface area (Å²) >= 11 is 4.71. The van der Waals surface area contributed by atoms with Gasteiger partial charge in [0.1, 0.15) is 0 Å². The van der Waals surface area contributed by atoms with Gasteiger partial charge in [-0.2, -0.15) is 0 Å². The van der Waals surface area contributed by atoms with E-state index in [0.717, 1.165) is 46.6 Å². The Bertz CT molecular complexity index is 1030. The first kappa shape index (κ1) is 22.5. The van der Waals surface area contributed by atoms with Crippen LogP contribution in [0.15, 0.2) is 46.4 Å². The van der Waals surface area contributed by atoms with E-state index in [1.807, 2.05) is 24.3 Å². The standard InChI is InChI=1S/C22H27BrN4O2S/c1-4-26(5-2)12-13-27-11-10-16-14-17(6-7-18(16)27)24-21(28)15-25(3)22(29)19-8-9-20(23)30-19/h6-11,14H,4-5,12-13,15H2,1-3H3,(H,24,28). The average molecular weight is 491 g/mol. The maximum atomic E-state index is 12.4. The number of benzene rings is 1. The summed E-state index contributed by atoms with van der Waals surface area (Å²) in [6.45, 7) is 8.39. The maximum Gasteiger partial charge on any atom is 0.264 e. The lowest BCUT2D eigenvalue weighted by atomic mass is 10.2. The van der Waals surface area contributed by atoms with Crippen LogP contribution in [0.2, 0.25) is 0 Å². The van der Waals surface area contributed by atoms with Crippen LogP contribution in [0.5, 0.6) is 0 Å². The Hall–Kier alpha value is -2.16. The number of rotatable bonds is 9. The van der Waals surface area contributed by atoms with Crippen molar-refractivity contribution in [3.8, 4) is 0 Å². The van der Waals surface area contributed by atoms with Crippen LogP contribution >= 0.6 is 27.3 Å². The number of fused-ring (bicyclic) bond motifs is 1. The Morgan fingerprint density at radius 3 is 2.57 bits per heavy atom. The molecule has 2 amide bonds. The van der Waals surface area contributed by atoms with E-state index in [0.29, 0.717) is 4.88 Å². The lowest BCUT2D eigenvalue weighted by Crippen LogP contribution is -2.34. The highest BCUT2D eigenvalue weighted by Crippen LogP contribution is 2.23. The molecule has 3 rings (SSSR count). The van der Waals surface area contributed by atoms with Crippen molar-refractivity contribution in [1.82, 2.24) is 14.4 Å². The zero-order valence-electron chi connectivity index (χ0n) is 17.5. The Balaban J connectivity index is 1.60. The Labute approximate surface area is 189 Å². The number of aromatic nitrogens is 1. The Morgan fingerprint density at radius 1 is 1.13 bits per heavy atom. The number of anilines is 1. The number of likely N-dealkylation sites (N-methyl/N-ethyl adjacent to an activating group) is 2. The number of nitrogens with one attached hydrogen (secondary N) is 1. The van der Waals surface area contributed by atoms with Crippen molar-refractivity contribution in [2.45, 2.75) is 20.4 Å². The van der Waals surface area contributed by atoms with Crippen LogP contribution < -0.4 is 5.32 Å². The summed E-state index contributed by atoms with van der Waals surface area (Å²) in [7, 11) is 1.63. The van der Waals surface area contributed by atoms with Crippen molar-refractivity contribution in [2.75, 3.05) is 38.5 Å². The van der Waals surface area contributed by atoms with Crippen molar-refractivity contribution < 1.29 is 9.59 Å². The molecule has 0 aliphatic carbocycles. The molecule has 160 valence electrons. The van der Waals surface area contributed by atoms with Crippen LogP contribution in [0.4, 0.5) is 5.69 Å². The van der Waals surface area contributed by atoms with Gasteiger partial charge in [-0.1, -0.05) is 13.8 Å². The molecule has 0 bridgehead atoms. The molecule has 0 spiro atoms. The van der Waals surface area contributed by atoms with E-state index < -0.39 is 0 Å². The molecule has 2 aromatic heterocycles. The first-order chi connectivity index (χ1) is 14.4. The van der Waals surface area contributed by atoms with E-state index in [4.69, 9.17) is 0 Å². The molecule has 1 N–H and O–H groups in total. The average Bonchev–Trinajstić information content (AvgIpc) is 3.34. The Kier molecular flexibility index (Phi) is 7.69. The minimum absolute atomic E-state index is 0.00271. The summed E-state index contributed by atoms with van der Waals surface area (Å²) in [4.78, 5) is 29.3. The topological polar surface area (TPSA) is 57.6 Å². The third kappa shape index (κ3) is 5.50. The summed E-state index contributed by atoms with van der Waals surface area (Å²) in [5.41, 5.74) is 1.88. The second kappa shape index (κ2) is 10.2. The van der Waals surface area contributed by atoms with Gasteiger partial charge in [0.05, 0.1) is 15.2 Å². The first-order valence-corrected chi connectivity index (χ1v) is 11.6. The number of halogens is 1. The molecule has 3 aromatic rings. The molecule has 0 aliphatic heterocycles. The molecule has 0 saturated carbocycles. The lowest BCUT2D eigenvalue weighted by molar-refractivity contribution is -0.116. The molecule has 0 aliphatic rings. The van der Waals surface area contributed by atoms with Crippen LogP contribution in [0.25, 0.3) is 10.9 Å². The van der Waals surface area contributed by atoms with E-state index in [1.54, 1.807) is 13.1 Å². The van der Waals surface area contributed by atoms with Crippen LogP contribution in [0, 0.1) is 0 Å². The largest absolute Gasteiger partial charge is 0.346 e. The quantitative estimate of drug-likeness (QED) is 0.479. The summed E-state index contributed by atoms with van der Waals surface area (Å²) < 4.78 is 3.13. The highest BCUT2D eigenvalue weighted by atomic mass is 79.9. The third-order valence-electron chi connectivity index (χ3n) is 5.12. The van der Waals surface area contributed by atoms with Crippen molar-refractivity contribution in [3.05, 3.63) is 51.3 Å². The molecule has 0 fully saturated rings. The number of nitrogens with zero attached hydrogens (tertiary/aromatic N) is 3. The monoisotopic (exact) mass is 490 g/mol. The molecule has 6 nitrogen and oxygen atoms in total. The number of hydrogen-bond acceptors (Lipinski definition) is 4. The summed E-state index contributed by atoms with van der Waals surface area (Å²) in [6.07, 6.45) is 2.09. The molecular weight excluding hydrogens is 464 g/mol. The number of carbonyl (C=O) groups is 2. The smallest absolute Gasteiger partial charge is 0.264 e. The van der Waals surface area contributed by atoms with Gasteiger partial charge in [-0.3, -0.25) is 9.59 Å². The minimum Gasteiger partial charge on any atom is -0.346 e. The molecule has 0 saturated heterocycles. The lowest BCUT2D eigenvalue weighted by Gasteiger charge is -2.18. The highest BCUT2D eigenvalue weighted by Gasteiger charge is 2.17.